The van der Waals surface area contributed by atoms with E-state index >= 15 is 0 Å². The van der Waals surface area contributed by atoms with Crippen molar-refractivity contribution in [1.82, 2.24) is 19.1 Å². The van der Waals surface area contributed by atoms with E-state index in [4.69, 9.17) is 4.74 Å². The van der Waals surface area contributed by atoms with Crippen molar-refractivity contribution < 1.29 is 9.53 Å². The Kier molecular flexibility index (Phi) is 6.11. The summed E-state index contributed by atoms with van der Waals surface area (Å²) in [6, 6.07) is 7.74. The number of benzene rings is 1. The van der Waals surface area contributed by atoms with Crippen LogP contribution in [0.1, 0.15) is 36.7 Å². The Hall–Kier alpha value is -3.42. The van der Waals surface area contributed by atoms with Gasteiger partial charge in [0.1, 0.15) is 12.4 Å². The van der Waals surface area contributed by atoms with E-state index in [1.54, 1.807) is 17.7 Å². The van der Waals surface area contributed by atoms with Crippen LogP contribution in [0.15, 0.2) is 39.9 Å². The van der Waals surface area contributed by atoms with Gasteiger partial charge in [0.05, 0.1) is 0 Å². The van der Waals surface area contributed by atoms with E-state index in [0.717, 1.165) is 24.0 Å². The van der Waals surface area contributed by atoms with Gasteiger partial charge in [0.15, 0.2) is 11.2 Å². The first-order valence-electron chi connectivity index (χ1n) is 9.50. The molecule has 1 aromatic carbocycles. The van der Waals surface area contributed by atoms with Gasteiger partial charge in [-0.05, 0) is 25.0 Å². The average Bonchev–Trinajstić information content (AvgIpc) is 3.02. The highest BCUT2D eigenvalue weighted by atomic mass is 16.5. The fourth-order valence-corrected chi connectivity index (χ4v) is 2.97. The van der Waals surface area contributed by atoms with Gasteiger partial charge in [-0.15, -0.1) is 0 Å². The van der Waals surface area contributed by atoms with Gasteiger partial charge in [-0.3, -0.25) is 14.3 Å². The summed E-state index contributed by atoms with van der Waals surface area (Å²) in [5, 5.41) is 0. The second-order valence-corrected chi connectivity index (χ2v) is 6.88. The molecule has 0 unspecified atom stereocenters. The van der Waals surface area contributed by atoms with Crippen LogP contribution in [0.5, 0.6) is 0 Å². The minimum Gasteiger partial charge on any atom is -0.454 e. The molecule has 0 aliphatic heterocycles. The molecule has 3 aromatic rings. The second-order valence-electron chi connectivity index (χ2n) is 6.88. The minimum absolute atomic E-state index is 0.107. The molecule has 0 radical (unpaired) electrons. The van der Waals surface area contributed by atoms with E-state index in [0.29, 0.717) is 18.0 Å². The van der Waals surface area contributed by atoms with Gasteiger partial charge in [0.2, 0.25) is 0 Å². The van der Waals surface area contributed by atoms with Crippen LogP contribution in [0.25, 0.3) is 17.2 Å². The Morgan fingerprint density at radius 2 is 1.97 bits per heavy atom. The highest BCUT2D eigenvalue weighted by Gasteiger charge is 2.17. The third kappa shape index (κ3) is 4.53. The molecule has 0 saturated carbocycles. The van der Waals surface area contributed by atoms with Gasteiger partial charge in [-0.25, -0.2) is 14.6 Å². The molecule has 0 aliphatic rings. The van der Waals surface area contributed by atoms with Crippen molar-refractivity contribution in [1.29, 1.82) is 0 Å². The number of fused-ring (bicyclic) bond motifs is 1. The molecule has 8 nitrogen and oxygen atoms in total. The number of aromatic amines is 1. The number of nitrogens with one attached hydrogen (secondary N) is 1. The van der Waals surface area contributed by atoms with Crippen molar-refractivity contribution >= 4 is 23.2 Å². The molecule has 0 fully saturated rings. The van der Waals surface area contributed by atoms with Gasteiger partial charge in [-0.1, -0.05) is 43.2 Å². The lowest BCUT2D eigenvalue weighted by molar-refractivity contribution is -0.139. The molecular weight excluding hydrogens is 372 g/mol. The summed E-state index contributed by atoms with van der Waals surface area (Å²) in [7, 11) is 1.66. The summed E-state index contributed by atoms with van der Waals surface area (Å²) in [5.41, 5.74) is 1.61. The van der Waals surface area contributed by atoms with E-state index < -0.39 is 17.2 Å². The van der Waals surface area contributed by atoms with Crippen LogP contribution in [0.4, 0.5) is 0 Å². The molecule has 0 saturated heterocycles. The molecule has 1 N–H and O–H groups in total. The molecule has 3 rings (SSSR count). The van der Waals surface area contributed by atoms with Gasteiger partial charge in [0, 0.05) is 19.7 Å². The number of nitrogens with zero attached hydrogens (tertiary/aromatic N) is 3. The van der Waals surface area contributed by atoms with Crippen LogP contribution in [-0.2, 0) is 29.7 Å². The van der Waals surface area contributed by atoms with E-state index in [-0.39, 0.29) is 12.1 Å². The first-order valence-corrected chi connectivity index (χ1v) is 9.50. The maximum atomic E-state index is 12.2. The molecule has 8 heteroatoms. The number of ether oxygens (including phenoxy) is 1. The number of rotatable bonds is 7. The minimum atomic E-state index is -0.519. The number of imidazole rings is 1. The zero-order valence-corrected chi connectivity index (χ0v) is 16.8. The monoisotopic (exact) mass is 396 g/mol. The van der Waals surface area contributed by atoms with Crippen LogP contribution >= 0.6 is 0 Å². The predicted molar refractivity (Wildman–Crippen MR) is 111 cm³/mol. The SMILES string of the molecule is CCCCn1c(=O)[nH]c(=O)c2c1nc(COC(=O)/C=C/c1ccc(C)cc1)n2C. The summed E-state index contributed by atoms with van der Waals surface area (Å²) in [5.74, 6) is -0.131. The summed E-state index contributed by atoms with van der Waals surface area (Å²) >= 11 is 0. The lowest BCUT2D eigenvalue weighted by Gasteiger charge is -2.04. The van der Waals surface area contributed by atoms with E-state index in [2.05, 4.69) is 9.97 Å². The van der Waals surface area contributed by atoms with Gasteiger partial charge in [-0.2, -0.15) is 0 Å². The van der Waals surface area contributed by atoms with Crippen molar-refractivity contribution in [3.8, 4) is 0 Å². The number of aryl methyl sites for hydroxylation is 3. The number of unbranched alkanes of at least 4 members (excludes halogenated alkanes) is 1. The summed E-state index contributed by atoms with van der Waals surface area (Å²) in [4.78, 5) is 43.1. The predicted octanol–water partition coefficient (Wildman–Crippen LogP) is 2.29. The summed E-state index contributed by atoms with van der Waals surface area (Å²) < 4.78 is 8.26. The molecule has 2 heterocycles. The number of H-pyrrole nitrogens is 1. The molecule has 152 valence electrons. The van der Waals surface area contributed by atoms with Crippen molar-refractivity contribution in [2.45, 2.75) is 39.8 Å². The number of aromatic nitrogens is 4. The quantitative estimate of drug-likeness (QED) is 0.488. The van der Waals surface area contributed by atoms with Crippen LogP contribution in [0, 0.1) is 6.92 Å². The molecule has 2 aromatic heterocycles. The molecule has 29 heavy (non-hydrogen) atoms. The highest BCUT2D eigenvalue weighted by molar-refractivity contribution is 5.87. The van der Waals surface area contributed by atoms with Gasteiger partial charge in [0.25, 0.3) is 5.56 Å². The van der Waals surface area contributed by atoms with E-state index in [9.17, 15) is 14.4 Å². The Balaban J connectivity index is 1.79. The second kappa shape index (κ2) is 8.72. The van der Waals surface area contributed by atoms with E-state index in [1.807, 2.05) is 38.1 Å². The molecule has 0 amide bonds. The number of carbonyl (C=O) groups is 1. The Morgan fingerprint density at radius 3 is 2.66 bits per heavy atom. The molecule has 0 spiro atoms. The van der Waals surface area contributed by atoms with Gasteiger partial charge >= 0.3 is 11.7 Å². The first-order chi connectivity index (χ1) is 13.9. The smallest absolute Gasteiger partial charge is 0.331 e. The topological polar surface area (TPSA) is 99.0 Å². The maximum absolute atomic E-state index is 12.2. The molecule has 0 atom stereocenters. The van der Waals surface area contributed by atoms with Crippen LogP contribution in [-0.4, -0.2) is 25.1 Å². The first kappa shape index (κ1) is 20.3. The van der Waals surface area contributed by atoms with Crippen molar-refractivity contribution in [3.05, 3.63) is 68.1 Å². The number of hydrogen-bond acceptors (Lipinski definition) is 5. The fraction of sp³-hybridized carbons (Fsp3) is 0.333. The number of hydrogen-bond donors (Lipinski definition) is 1. The van der Waals surface area contributed by atoms with Gasteiger partial charge < -0.3 is 9.30 Å². The zero-order chi connectivity index (χ0) is 21.0. The molecule has 0 bridgehead atoms. The summed E-state index contributed by atoms with van der Waals surface area (Å²) in [6.07, 6.45) is 4.70. The number of esters is 1. The Labute approximate surface area is 167 Å². The van der Waals surface area contributed by atoms with E-state index in [1.165, 1.54) is 10.6 Å². The normalized spacial score (nSPS) is 11.4. The average molecular weight is 396 g/mol. The largest absolute Gasteiger partial charge is 0.454 e. The highest BCUT2D eigenvalue weighted by Crippen LogP contribution is 2.12. The fourth-order valence-electron chi connectivity index (χ4n) is 2.97. The lowest BCUT2D eigenvalue weighted by Crippen LogP contribution is -2.31. The van der Waals surface area contributed by atoms with Crippen LogP contribution in [0.2, 0.25) is 0 Å². The van der Waals surface area contributed by atoms with Crippen molar-refractivity contribution in [3.63, 3.8) is 0 Å². The molecule has 0 aliphatic carbocycles. The van der Waals surface area contributed by atoms with Crippen LogP contribution in [0.3, 0.4) is 0 Å². The molecular formula is C21H24N4O4. The summed E-state index contributed by atoms with van der Waals surface area (Å²) in [6.45, 7) is 4.36. The Bertz CT molecular complexity index is 1170. The third-order valence-electron chi connectivity index (χ3n) is 4.67. The Morgan fingerprint density at radius 1 is 1.24 bits per heavy atom. The third-order valence-corrected chi connectivity index (χ3v) is 4.67. The number of carbonyl (C=O) groups excluding carboxylic acids is 1. The standard InChI is InChI=1S/C21H24N4O4/c1-4-5-12-25-19-18(20(27)23-21(25)28)24(3)16(22-19)13-29-17(26)11-10-15-8-6-14(2)7-9-15/h6-11H,4-5,12-13H2,1-3H3,(H,23,27,28)/b11-10+. The lowest BCUT2D eigenvalue weighted by atomic mass is 10.1. The zero-order valence-electron chi connectivity index (χ0n) is 16.8. The van der Waals surface area contributed by atoms with Crippen molar-refractivity contribution in [2.75, 3.05) is 0 Å². The maximum Gasteiger partial charge on any atom is 0.331 e. The van der Waals surface area contributed by atoms with Crippen LogP contribution < -0.4 is 11.2 Å². The van der Waals surface area contributed by atoms with Crippen molar-refractivity contribution in [2.24, 2.45) is 7.05 Å².